The zero-order valence-corrected chi connectivity index (χ0v) is 16.3. The van der Waals surface area contributed by atoms with Gasteiger partial charge in [-0.05, 0) is 57.5 Å². The SMILES string of the molecule is Cc1cc(Br)cc(C(F)(F)F)c1-c1ccc(CNC(=O)OC(C)(C)C)o1. The first-order chi connectivity index (χ1) is 11.9. The maximum absolute atomic E-state index is 13.4. The van der Waals surface area contributed by atoms with E-state index in [0.717, 1.165) is 6.07 Å². The molecule has 0 aliphatic heterocycles. The van der Waals surface area contributed by atoms with E-state index in [0.29, 0.717) is 15.8 Å². The number of ether oxygens (including phenoxy) is 1. The average Bonchev–Trinajstić information content (AvgIpc) is 2.90. The van der Waals surface area contributed by atoms with E-state index in [1.54, 1.807) is 33.8 Å². The first-order valence-electron chi connectivity index (χ1n) is 7.80. The second-order valence-electron chi connectivity index (χ2n) is 6.76. The molecule has 4 nitrogen and oxygen atoms in total. The molecule has 0 spiro atoms. The number of alkyl halides is 3. The lowest BCUT2D eigenvalue weighted by Gasteiger charge is -2.19. The molecule has 0 saturated carbocycles. The lowest BCUT2D eigenvalue weighted by Crippen LogP contribution is -2.32. The summed E-state index contributed by atoms with van der Waals surface area (Å²) in [5.41, 5.74) is -1.03. The van der Waals surface area contributed by atoms with Crippen molar-refractivity contribution in [2.75, 3.05) is 0 Å². The highest BCUT2D eigenvalue weighted by atomic mass is 79.9. The number of hydrogen-bond donors (Lipinski definition) is 1. The third kappa shape index (κ3) is 5.27. The van der Waals surface area contributed by atoms with E-state index in [-0.39, 0.29) is 17.9 Å². The topological polar surface area (TPSA) is 51.5 Å². The molecular formula is C18H19BrF3NO3. The van der Waals surface area contributed by atoms with Gasteiger partial charge in [-0.2, -0.15) is 13.2 Å². The summed E-state index contributed by atoms with van der Waals surface area (Å²) in [6.07, 6.45) is -5.16. The highest BCUT2D eigenvalue weighted by Gasteiger charge is 2.35. The van der Waals surface area contributed by atoms with Gasteiger partial charge < -0.3 is 14.5 Å². The zero-order valence-electron chi connectivity index (χ0n) is 14.8. The monoisotopic (exact) mass is 433 g/mol. The second-order valence-corrected chi connectivity index (χ2v) is 7.68. The normalized spacial score (nSPS) is 12.2. The van der Waals surface area contributed by atoms with Crippen LogP contribution in [0.3, 0.4) is 0 Å². The van der Waals surface area contributed by atoms with Gasteiger partial charge in [0.2, 0.25) is 0 Å². The molecule has 1 aromatic heterocycles. The number of carbonyl (C=O) groups is 1. The van der Waals surface area contributed by atoms with E-state index in [9.17, 15) is 18.0 Å². The molecule has 1 amide bonds. The number of furan rings is 1. The molecule has 0 fully saturated rings. The van der Waals surface area contributed by atoms with Crippen molar-refractivity contribution in [3.8, 4) is 11.3 Å². The van der Waals surface area contributed by atoms with Crippen LogP contribution < -0.4 is 5.32 Å². The predicted molar refractivity (Wildman–Crippen MR) is 94.7 cm³/mol. The van der Waals surface area contributed by atoms with Crippen LogP contribution in [0.4, 0.5) is 18.0 Å². The van der Waals surface area contributed by atoms with Crippen molar-refractivity contribution in [1.29, 1.82) is 0 Å². The summed E-state index contributed by atoms with van der Waals surface area (Å²) >= 11 is 3.09. The van der Waals surface area contributed by atoms with Gasteiger partial charge >= 0.3 is 12.3 Å². The Morgan fingerprint density at radius 1 is 1.23 bits per heavy atom. The second kappa shape index (κ2) is 7.34. The quantitative estimate of drug-likeness (QED) is 0.639. The molecule has 0 aliphatic rings. The molecular weight excluding hydrogens is 415 g/mol. The van der Waals surface area contributed by atoms with E-state index in [4.69, 9.17) is 9.15 Å². The van der Waals surface area contributed by atoms with Gasteiger partial charge in [0.05, 0.1) is 12.1 Å². The summed E-state index contributed by atoms with van der Waals surface area (Å²) in [5, 5.41) is 2.50. The Hall–Kier alpha value is -1.96. The minimum absolute atomic E-state index is 0.00579. The van der Waals surface area contributed by atoms with Crippen LogP contribution >= 0.6 is 15.9 Å². The lowest BCUT2D eigenvalue weighted by molar-refractivity contribution is -0.137. The molecule has 2 rings (SSSR count). The van der Waals surface area contributed by atoms with Gasteiger partial charge in [-0.1, -0.05) is 15.9 Å². The van der Waals surface area contributed by atoms with E-state index >= 15 is 0 Å². The van der Waals surface area contributed by atoms with Gasteiger partial charge in [0, 0.05) is 10.0 Å². The molecule has 1 aromatic carbocycles. The molecule has 26 heavy (non-hydrogen) atoms. The van der Waals surface area contributed by atoms with Gasteiger partial charge in [-0.25, -0.2) is 4.79 Å². The molecule has 1 heterocycles. The minimum atomic E-state index is -4.52. The third-order valence-corrected chi connectivity index (χ3v) is 3.78. The number of carbonyl (C=O) groups excluding carboxylic acids is 1. The van der Waals surface area contributed by atoms with Crippen LogP contribution in [0.5, 0.6) is 0 Å². The average molecular weight is 434 g/mol. The van der Waals surface area contributed by atoms with Crippen LogP contribution in [-0.4, -0.2) is 11.7 Å². The number of benzene rings is 1. The van der Waals surface area contributed by atoms with Crippen molar-refractivity contribution in [2.24, 2.45) is 0 Å². The summed E-state index contributed by atoms with van der Waals surface area (Å²) in [7, 11) is 0. The Labute approximate surface area is 157 Å². The fraction of sp³-hybridized carbons (Fsp3) is 0.389. The van der Waals surface area contributed by atoms with Crippen LogP contribution in [0, 0.1) is 6.92 Å². The van der Waals surface area contributed by atoms with E-state index in [1.165, 1.54) is 12.1 Å². The lowest BCUT2D eigenvalue weighted by atomic mass is 9.99. The predicted octanol–water partition coefficient (Wildman–Crippen LogP) is 6.06. The standard InChI is InChI=1S/C18H19BrF3NO3/c1-10-7-11(19)8-13(18(20,21)22)15(10)14-6-5-12(25-14)9-23-16(24)26-17(2,3)4/h5-8H,9H2,1-4H3,(H,23,24). The summed E-state index contributed by atoms with van der Waals surface area (Å²) in [5.74, 6) is 0.407. The number of amides is 1. The van der Waals surface area contributed by atoms with E-state index < -0.39 is 23.4 Å². The molecule has 2 aromatic rings. The Kier molecular flexibility index (Phi) is 5.75. The van der Waals surface area contributed by atoms with Crippen LogP contribution in [-0.2, 0) is 17.5 Å². The maximum Gasteiger partial charge on any atom is 0.417 e. The van der Waals surface area contributed by atoms with Crippen LogP contribution in [0.15, 0.2) is 33.2 Å². The molecule has 8 heteroatoms. The molecule has 142 valence electrons. The number of rotatable bonds is 3. The van der Waals surface area contributed by atoms with Crippen molar-refractivity contribution in [3.63, 3.8) is 0 Å². The molecule has 0 atom stereocenters. The fourth-order valence-electron chi connectivity index (χ4n) is 2.37. The highest BCUT2D eigenvalue weighted by Crippen LogP contribution is 2.41. The number of aryl methyl sites for hydroxylation is 1. The number of hydrogen-bond acceptors (Lipinski definition) is 3. The zero-order chi connectivity index (χ0) is 19.7. The fourth-order valence-corrected chi connectivity index (χ4v) is 2.95. The van der Waals surface area contributed by atoms with E-state index in [2.05, 4.69) is 21.2 Å². The summed E-state index contributed by atoms with van der Waals surface area (Å²) in [6.45, 7) is 6.77. The van der Waals surface area contributed by atoms with Crippen LogP contribution in [0.1, 0.15) is 37.7 Å². The molecule has 0 radical (unpaired) electrons. The molecule has 0 saturated heterocycles. The molecule has 0 aliphatic carbocycles. The van der Waals surface area contributed by atoms with Crippen molar-refractivity contribution in [1.82, 2.24) is 5.32 Å². The molecule has 1 N–H and O–H groups in total. The van der Waals surface area contributed by atoms with Gasteiger partial charge in [0.1, 0.15) is 17.1 Å². The van der Waals surface area contributed by atoms with Crippen LogP contribution in [0.2, 0.25) is 0 Å². The smallest absolute Gasteiger partial charge is 0.417 e. The first-order valence-corrected chi connectivity index (χ1v) is 8.59. The van der Waals surface area contributed by atoms with Crippen LogP contribution in [0.25, 0.3) is 11.3 Å². The van der Waals surface area contributed by atoms with Crippen molar-refractivity contribution >= 4 is 22.0 Å². The van der Waals surface area contributed by atoms with Crippen molar-refractivity contribution in [2.45, 2.75) is 46.0 Å². The Morgan fingerprint density at radius 3 is 2.46 bits per heavy atom. The first kappa shape index (κ1) is 20.4. The number of nitrogens with one attached hydrogen (secondary N) is 1. The van der Waals surface area contributed by atoms with Crippen molar-refractivity contribution < 1.29 is 27.1 Å². The minimum Gasteiger partial charge on any atom is -0.459 e. The third-order valence-electron chi connectivity index (χ3n) is 3.32. The Balaban J connectivity index is 2.24. The molecule has 0 unspecified atom stereocenters. The van der Waals surface area contributed by atoms with Gasteiger partial charge in [-0.15, -0.1) is 0 Å². The summed E-state index contributed by atoms with van der Waals surface area (Å²) in [4.78, 5) is 11.7. The Bertz CT molecular complexity index is 807. The molecule has 0 bridgehead atoms. The van der Waals surface area contributed by atoms with Crippen molar-refractivity contribution in [3.05, 3.63) is 45.6 Å². The largest absolute Gasteiger partial charge is 0.459 e. The van der Waals surface area contributed by atoms with Gasteiger partial charge in [-0.3, -0.25) is 0 Å². The number of alkyl carbamates (subject to hydrolysis) is 1. The maximum atomic E-state index is 13.4. The van der Waals surface area contributed by atoms with E-state index in [1.807, 2.05) is 0 Å². The number of halogens is 4. The highest BCUT2D eigenvalue weighted by molar-refractivity contribution is 9.10. The van der Waals surface area contributed by atoms with Gasteiger partial charge in [0.15, 0.2) is 0 Å². The van der Waals surface area contributed by atoms with Gasteiger partial charge in [0.25, 0.3) is 0 Å². The summed E-state index contributed by atoms with van der Waals surface area (Å²) in [6, 6.07) is 5.58. The summed E-state index contributed by atoms with van der Waals surface area (Å²) < 4.78 is 51.1. The Morgan fingerprint density at radius 2 is 1.88 bits per heavy atom.